The number of rotatable bonds is 6. The van der Waals surface area contributed by atoms with E-state index in [4.69, 9.17) is 4.74 Å². The maximum Gasteiger partial charge on any atom is 0.256 e. The van der Waals surface area contributed by atoms with Gasteiger partial charge in [0.05, 0.1) is 12.2 Å². The first kappa shape index (κ1) is 15.9. The Morgan fingerprint density at radius 2 is 2.05 bits per heavy atom. The molecule has 0 saturated carbocycles. The maximum atomic E-state index is 12.2. The zero-order chi connectivity index (χ0) is 15.1. The maximum absolute atomic E-state index is 12.2. The van der Waals surface area contributed by atoms with Gasteiger partial charge in [-0.1, -0.05) is 0 Å². The summed E-state index contributed by atoms with van der Waals surface area (Å²) in [5.74, 6) is 0.569. The number of likely N-dealkylation sites (tertiary alicyclic amines) is 1. The Labute approximate surface area is 126 Å². The number of amides is 1. The minimum atomic E-state index is -0.00240. The smallest absolute Gasteiger partial charge is 0.256 e. The number of methoxy groups -OCH3 is 1. The Hall–Kier alpha value is -1.53. The van der Waals surface area contributed by atoms with Crippen LogP contribution in [0.5, 0.6) is 0 Å². The fourth-order valence-corrected chi connectivity index (χ4v) is 2.71. The zero-order valence-corrected chi connectivity index (χ0v) is 12.9. The van der Waals surface area contributed by atoms with Crippen LogP contribution in [0.25, 0.3) is 0 Å². The molecule has 1 saturated heterocycles. The molecule has 0 spiro atoms. The summed E-state index contributed by atoms with van der Waals surface area (Å²) >= 11 is 0. The van der Waals surface area contributed by atoms with Gasteiger partial charge in [0.1, 0.15) is 6.33 Å². The lowest BCUT2D eigenvalue weighted by atomic mass is 9.96. The van der Waals surface area contributed by atoms with Gasteiger partial charge in [0.25, 0.3) is 5.91 Å². The van der Waals surface area contributed by atoms with Crippen molar-refractivity contribution in [3.63, 3.8) is 0 Å². The first-order valence-electron chi connectivity index (χ1n) is 7.42. The van der Waals surface area contributed by atoms with Crippen LogP contribution in [0, 0.1) is 5.92 Å². The highest BCUT2D eigenvalue weighted by atomic mass is 16.5. The Balaban J connectivity index is 1.76. The molecule has 2 rings (SSSR count). The molecule has 1 aromatic rings. The molecule has 0 N–H and O–H groups in total. The van der Waals surface area contributed by atoms with Gasteiger partial charge >= 0.3 is 0 Å². The highest BCUT2D eigenvalue weighted by molar-refractivity contribution is 5.93. The molecule has 0 bridgehead atoms. The van der Waals surface area contributed by atoms with Gasteiger partial charge in [0.15, 0.2) is 0 Å². The van der Waals surface area contributed by atoms with Crippen LogP contribution in [0.3, 0.4) is 0 Å². The number of nitrogens with zero attached hydrogens (tertiary/aromatic N) is 4. The normalized spacial score (nSPS) is 16.9. The minimum Gasteiger partial charge on any atom is -0.383 e. The quantitative estimate of drug-likeness (QED) is 0.780. The summed E-state index contributed by atoms with van der Waals surface area (Å²) < 4.78 is 5.11. The van der Waals surface area contributed by atoms with E-state index in [1.807, 2.05) is 7.05 Å². The van der Waals surface area contributed by atoms with Crippen molar-refractivity contribution in [1.82, 2.24) is 19.8 Å². The topological polar surface area (TPSA) is 58.6 Å². The van der Waals surface area contributed by atoms with Gasteiger partial charge in [-0.25, -0.2) is 9.97 Å². The van der Waals surface area contributed by atoms with Crippen molar-refractivity contribution in [3.05, 3.63) is 24.3 Å². The van der Waals surface area contributed by atoms with Crippen molar-refractivity contribution in [2.75, 3.05) is 46.9 Å². The summed E-state index contributed by atoms with van der Waals surface area (Å²) in [5.41, 5.74) is 0.553. The summed E-state index contributed by atoms with van der Waals surface area (Å²) in [6.07, 6.45) is 6.84. The predicted octanol–water partition coefficient (Wildman–Crippen LogP) is 0.907. The molecular weight excluding hydrogens is 268 g/mol. The van der Waals surface area contributed by atoms with Gasteiger partial charge < -0.3 is 14.5 Å². The third-order valence-electron chi connectivity index (χ3n) is 4.01. The van der Waals surface area contributed by atoms with E-state index < -0.39 is 0 Å². The molecule has 0 aromatic carbocycles. The van der Waals surface area contributed by atoms with E-state index in [9.17, 15) is 4.79 Å². The number of aromatic nitrogens is 2. The molecule has 6 nitrogen and oxygen atoms in total. The van der Waals surface area contributed by atoms with Crippen LogP contribution in [0.15, 0.2) is 18.7 Å². The molecule has 1 aliphatic rings. The molecule has 116 valence electrons. The molecule has 0 unspecified atom stereocenters. The van der Waals surface area contributed by atoms with Crippen molar-refractivity contribution in [2.24, 2.45) is 5.92 Å². The van der Waals surface area contributed by atoms with Crippen LogP contribution in [0.4, 0.5) is 0 Å². The first-order valence-corrected chi connectivity index (χ1v) is 7.42. The third-order valence-corrected chi connectivity index (χ3v) is 4.01. The molecule has 1 amide bonds. The highest BCUT2D eigenvalue weighted by Gasteiger charge is 2.22. The van der Waals surface area contributed by atoms with Crippen LogP contribution >= 0.6 is 0 Å². The lowest BCUT2D eigenvalue weighted by Crippen LogP contribution is -2.40. The number of ether oxygens (including phenoxy) is 1. The number of carbonyl (C=O) groups is 1. The molecule has 0 atom stereocenters. The van der Waals surface area contributed by atoms with E-state index in [1.54, 1.807) is 24.4 Å². The molecular formula is C15H24N4O2. The van der Waals surface area contributed by atoms with Gasteiger partial charge in [-0.05, 0) is 31.8 Å². The first-order chi connectivity index (χ1) is 10.2. The summed E-state index contributed by atoms with van der Waals surface area (Å²) in [4.78, 5) is 24.2. The van der Waals surface area contributed by atoms with E-state index in [0.29, 0.717) is 11.5 Å². The van der Waals surface area contributed by atoms with Gasteiger partial charge in [-0.2, -0.15) is 0 Å². The fourth-order valence-electron chi connectivity index (χ4n) is 2.71. The van der Waals surface area contributed by atoms with Crippen molar-refractivity contribution >= 4 is 5.91 Å². The molecule has 1 aliphatic heterocycles. The average molecular weight is 292 g/mol. The van der Waals surface area contributed by atoms with Gasteiger partial charge in [-0.15, -0.1) is 0 Å². The van der Waals surface area contributed by atoms with Crippen molar-refractivity contribution < 1.29 is 9.53 Å². The van der Waals surface area contributed by atoms with E-state index in [2.05, 4.69) is 14.9 Å². The van der Waals surface area contributed by atoms with Gasteiger partial charge in [-0.3, -0.25) is 4.79 Å². The Morgan fingerprint density at radius 1 is 1.38 bits per heavy atom. The molecule has 6 heteroatoms. The number of hydrogen-bond acceptors (Lipinski definition) is 5. The summed E-state index contributed by atoms with van der Waals surface area (Å²) in [7, 11) is 3.59. The van der Waals surface area contributed by atoms with Crippen LogP contribution in [-0.4, -0.2) is 72.6 Å². The van der Waals surface area contributed by atoms with Crippen LogP contribution in [0.1, 0.15) is 23.2 Å². The molecule has 0 radical (unpaired) electrons. The average Bonchev–Trinajstić information content (AvgIpc) is 2.54. The molecule has 0 aliphatic carbocycles. The summed E-state index contributed by atoms with van der Waals surface area (Å²) in [6, 6.07) is 0. The summed E-state index contributed by atoms with van der Waals surface area (Å²) in [5, 5.41) is 0. The van der Waals surface area contributed by atoms with E-state index in [-0.39, 0.29) is 5.91 Å². The SMILES string of the molecule is COCCN1CCC(CN(C)C(=O)c2cncnc2)CC1. The monoisotopic (exact) mass is 292 g/mol. The number of carbonyl (C=O) groups excluding carboxylic acids is 1. The Morgan fingerprint density at radius 3 is 2.67 bits per heavy atom. The van der Waals surface area contributed by atoms with E-state index in [0.717, 1.165) is 45.6 Å². The molecule has 21 heavy (non-hydrogen) atoms. The molecule has 1 aromatic heterocycles. The predicted molar refractivity (Wildman–Crippen MR) is 80.0 cm³/mol. The largest absolute Gasteiger partial charge is 0.383 e. The molecule has 2 heterocycles. The second-order valence-electron chi connectivity index (χ2n) is 5.59. The lowest BCUT2D eigenvalue weighted by Gasteiger charge is -2.33. The van der Waals surface area contributed by atoms with Crippen LogP contribution in [-0.2, 0) is 4.74 Å². The lowest BCUT2D eigenvalue weighted by molar-refractivity contribution is 0.0723. The standard InChI is InChI=1S/C15H24N4O2/c1-18(15(20)14-9-16-12-17-10-14)11-13-3-5-19(6-4-13)7-8-21-2/h9-10,12-13H,3-8,11H2,1-2H3. The third kappa shape index (κ3) is 4.75. The summed E-state index contributed by atoms with van der Waals surface area (Å²) in [6.45, 7) is 4.76. The van der Waals surface area contributed by atoms with Gasteiger partial charge in [0.2, 0.25) is 0 Å². The number of hydrogen-bond donors (Lipinski definition) is 0. The van der Waals surface area contributed by atoms with Crippen LogP contribution in [0.2, 0.25) is 0 Å². The number of piperidine rings is 1. The highest BCUT2D eigenvalue weighted by Crippen LogP contribution is 2.18. The van der Waals surface area contributed by atoms with Crippen molar-refractivity contribution in [1.29, 1.82) is 0 Å². The van der Waals surface area contributed by atoms with E-state index in [1.165, 1.54) is 6.33 Å². The fraction of sp³-hybridized carbons (Fsp3) is 0.667. The Kier molecular flexibility index (Phi) is 6.07. The second-order valence-corrected chi connectivity index (χ2v) is 5.59. The van der Waals surface area contributed by atoms with Crippen LogP contribution < -0.4 is 0 Å². The minimum absolute atomic E-state index is 0.00240. The van der Waals surface area contributed by atoms with Crippen molar-refractivity contribution in [3.8, 4) is 0 Å². The second kappa shape index (κ2) is 8.05. The molecule has 1 fully saturated rings. The Bertz CT molecular complexity index is 433. The van der Waals surface area contributed by atoms with E-state index >= 15 is 0 Å². The zero-order valence-electron chi connectivity index (χ0n) is 12.9. The van der Waals surface area contributed by atoms with Crippen molar-refractivity contribution in [2.45, 2.75) is 12.8 Å². The van der Waals surface area contributed by atoms with Gasteiger partial charge in [0, 0.05) is 39.6 Å².